The molecule has 1 fully saturated rings. The van der Waals surface area contributed by atoms with Crippen LogP contribution in [0.2, 0.25) is 0 Å². The average molecular weight is 408 g/mol. The van der Waals surface area contributed by atoms with Crippen LogP contribution in [0.4, 0.5) is 4.79 Å². The Morgan fingerprint density at radius 3 is 2.46 bits per heavy atom. The van der Waals surface area contributed by atoms with Gasteiger partial charge in [0.1, 0.15) is 5.75 Å². The van der Waals surface area contributed by atoms with Crippen molar-refractivity contribution in [1.82, 2.24) is 4.90 Å². The fraction of sp³-hybridized carbons (Fsp3) is 0.0909. The van der Waals surface area contributed by atoms with Gasteiger partial charge in [-0.3, -0.25) is 14.5 Å². The lowest BCUT2D eigenvalue weighted by molar-refractivity contribution is -0.123. The van der Waals surface area contributed by atoms with Crippen LogP contribution in [0.15, 0.2) is 70.9 Å². The van der Waals surface area contributed by atoms with Crippen LogP contribution in [0.25, 0.3) is 17.2 Å². The molecule has 0 N–H and O–H groups in total. The van der Waals surface area contributed by atoms with Gasteiger partial charge in [0.05, 0.1) is 18.6 Å². The van der Waals surface area contributed by atoms with Crippen molar-refractivity contribution in [2.24, 2.45) is 0 Å². The highest BCUT2D eigenvalue weighted by Crippen LogP contribution is 2.35. The van der Waals surface area contributed by atoms with Gasteiger partial charge in [-0.2, -0.15) is 0 Å². The number of imide groups is 1. The first-order valence-electron chi connectivity index (χ1n) is 8.66. The van der Waals surface area contributed by atoms with Crippen molar-refractivity contribution in [3.8, 4) is 16.9 Å². The summed E-state index contributed by atoms with van der Waals surface area (Å²) in [5.41, 5.74) is 3.12. The summed E-state index contributed by atoms with van der Waals surface area (Å²) in [6, 6.07) is 19.5. The van der Waals surface area contributed by atoms with Gasteiger partial charge in [-0.1, -0.05) is 42.5 Å². The third-order valence-electron chi connectivity index (χ3n) is 4.37. The summed E-state index contributed by atoms with van der Waals surface area (Å²) >= 11 is 2.55. The molecule has 2 heterocycles. The number of benzene rings is 2. The van der Waals surface area contributed by atoms with Crippen LogP contribution in [0.1, 0.15) is 10.4 Å². The molecule has 0 unspecified atom stereocenters. The van der Waals surface area contributed by atoms with Gasteiger partial charge in [-0.05, 0) is 58.1 Å². The van der Waals surface area contributed by atoms with E-state index in [0.29, 0.717) is 4.91 Å². The lowest BCUT2D eigenvalue weighted by atomic mass is 10.1. The standard InChI is InChI=1S/C22H17NO3S2/c1-26-18-9-7-15(8-10-18)13-23-21(24)20(28-22(23)25)12-19-11-17(14-27-19)16-5-3-2-4-6-16/h2-12,14H,13H2,1H3/b20-12-. The smallest absolute Gasteiger partial charge is 0.293 e. The van der Waals surface area contributed by atoms with Gasteiger partial charge in [0.25, 0.3) is 11.1 Å². The number of methoxy groups -OCH3 is 1. The maximum atomic E-state index is 12.7. The number of hydrogen-bond donors (Lipinski definition) is 0. The number of amides is 2. The van der Waals surface area contributed by atoms with Crippen molar-refractivity contribution in [2.75, 3.05) is 7.11 Å². The van der Waals surface area contributed by atoms with Crippen LogP contribution in [0.3, 0.4) is 0 Å². The van der Waals surface area contributed by atoms with E-state index in [4.69, 9.17) is 4.74 Å². The Kier molecular flexibility index (Phi) is 5.32. The summed E-state index contributed by atoms with van der Waals surface area (Å²) in [5, 5.41) is 1.81. The monoisotopic (exact) mass is 407 g/mol. The van der Waals surface area contributed by atoms with Crippen molar-refractivity contribution in [2.45, 2.75) is 6.54 Å². The topological polar surface area (TPSA) is 46.6 Å². The molecule has 0 saturated carbocycles. The minimum Gasteiger partial charge on any atom is -0.497 e. The predicted molar refractivity (Wildman–Crippen MR) is 114 cm³/mol. The molecule has 1 saturated heterocycles. The van der Waals surface area contributed by atoms with Gasteiger partial charge < -0.3 is 4.74 Å². The number of rotatable bonds is 5. The van der Waals surface area contributed by atoms with E-state index in [1.807, 2.05) is 48.5 Å². The Bertz CT molecular complexity index is 1040. The van der Waals surface area contributed by atoms with Crippen LogP contribution in [0, 0.1) is 0 Å². The third kappa shape index (κ3) is 3.88. The molecule has 0 atom stereocenters. The van der Waals surface area contributed by atoms with Gasteiger partial charge in [0, 0.05) is 4.88 Å². The first kappa shape index (κ1) is 18.5. The molecule has 0 aliphatic carbocycles. The SMILES string of the molecule is COc1ccc(CN2C(=O)S/C(=C\c3cc(-c4ccccc4)cs3)C2=O)cc1. The molecule has 1 aromatic heterocycles. The first-order valence-corrected chi connectivity index (χ1v) is 10.4. The number of ether oxygens (including phenoxy) is 1. The Labute approximate surface area is 171 Å². The number of nitrogens with zero attached hydrogens (tertiary/aromatic N) is 1. The minimum absolute atomic E-state index is 0.244. The van der Waals surface area contributed by atoms with Crippen LogP contribution >= 0.6 is 23.1 Å². The molecule has 4 rings (SSSR count). The molecule has 6 heteroatoms. The lowest BCUT2D eigenvalue weighted by Crippen LogP contribution is -2.27. The molecule has 0 bridgehead atoms. The fourth-order valence-electron chi connectivity index (χ4n) is 2.89. The summed E-state index contributed by atoms with van der Waals surface area (Å²) in [5.74, 6) is 0.491. The number of carbonyl (C=O) groups is 2. The quantitative estimate of drug-likeness (QED) is 0.512. The maximum absolute atomic E-state index is 12.7. The van der Waals surface area contributed by atoms with Gasteiger partial charge >= 0.3 is 0 Å². The summed E-state index contributed by atoms with van der Waals surface area (Å²) < 4.78 is 5.14. The molecule has 3 aromatic rings. The van der Waals surface area contributed by atoms with E-state index in [1.54, 1.807) is 24.5 Å². The van der Waals surface area contributed by atoms with E-state index in [1.165, 1.54) is 4.90 Å². The predicted octanol–water partition coefficient (Wildman–Crippen LogP) is 5.66. The van der Waals surface area contributed by atoms with Gasteiger partial charge in [0.2, 0.25) is 0 Å². The molecule has 0 spiro atoms. The molecule has 1 aliphatic heterocycles. The molecule has 28 heavy (non-hydrogen) atoms. The Hall–Kier alpha value is -2.83. The molecule has 0 radical (unpaired) electrons. The maximum Gasteiger partial charge on any atom is 0.293 e. The zero-order valence-electron chi connectivity index (χ0n) is 15.1. The molecule has 2 amide bonds. The lowest BCUT2D eigenvalue weighted by Gasteiger charge is -2.12. The highest BCUT2D eigenvalue weighted by atomic mass is 32.2. The van der Waals surface area contributed by atoms with Crippen molar-refractivity contribution in [1.29, 1.82) is 0 Å². The zero-order chi connectivity index (χ0) is 19.5. The minimum atomic E-state index is -0.250. The Morgan fingerprint density at radius 2 is 1.75 bits per heavy atom. The molecule has 140 valence electrons. The van der Waals surface area contributed by atoms with Crippen molar-refractivity contribution >= 4 is 40.3 Å². The van der Waals surface area contributed by atoms with Crippen LogP contribution in [-0.2, 0) is 11.3 Å². The van der Waals surface area contributed by atoms with Crippen molar-refractivity contribution in [3.05, 3.63) is 81.4 Å². The largest absolute Gasteiger partial charge is 0.497 e. The number of carbonyl (C=O) groups excluding carboxylic acids is 2. The normalized spacial score (nSPS) is 15.5. The Balaban J connectivity index is 1.51. The molecular weight excluding hydrogens is 390 g/mol. The second-order valence-corrected chi connectivity index (χ2v) is 8.16. The summed E-state index contributed by atoms with van der Waals surface area (Å²) in [4.78, 5) is 27.8. The highest BCUT2D eigenvalue weighted by molar-refractivity contribution is 8.18. The first-order chi connectivity index (χ1) is 13.6. The van der Waals surface area contributed by atoms with E-state index in [0.717, 1.165) is 39.1 Å². The highest BCUT2D eigenvalue weighted by Gasteiger charge is 2.35. The Morgan fingerprint density at radius 1 is 1.00 bits per heavy atom. The average Bonchev–Trinajstić information content (AvgIpc) is 3.30. The van der Waals surface area contributed by atoms with E-state index in [2.05, 4.69) is 17.5 Å². The van der Waals surface area contributed by atoms with E-state index in [-0.39, 0.29) is 17.7 Å². The second-order valence-electron chi connectivity index (χ2n) is 6.22. The molecule has 2 aromatic carbocycles. The third-order valence-corrected chi connectivity index (χ3v) is 6.16. The van der Waals surface area contributed by atoms with Crippen LogP contribution in [-0.4, -0.2) is 23.2 Å². The number of hydrogen-bond acceptors (Lipinski definition) is 5. The summed E-state index contributed by atoms with van der Waals surface area (Å²) in [6.07, 6.45) is 1.80. The molecule has 4 nitrogen and oxygen atoms in total. The van der Waals surface area contributed by atoms with E-state index in [9.17, 15) is 9.59 Å². The number of thioether (sulfide) groups is 1. The van der Waals surface area contributed by atoms with Gasteiger partial charge in [-0.25, -0.2) is 0 Å². The van der Waals surface area contributed by atoms with Crippen LogP contribution < -0.4 is 4.74 Å². The molecular formula is C22H17NO3S2. The zero-order valence-corrected chi connectivity index (χ0v) is 16.8. The van der Waals surface area contributed by atoms with Crippen molar-refractivity contribution in [3.63, 3.8) is 0 Å². The van der Waals surface area contributed by atoms with E-state index >= 15 is 0 Å². The van der Waals surface area contributed by atoms with Crippen molar-refractivity contribution < 1.29 is 14.3 Å². The summed E-state index contributed by atoms with van der Waals surface area (Å²) in [6.45, 7) is 0.256. The van der Waals surface area contributed by atoms with E-state index < -0.39 is 0 Å². The molecule has 1 aliphatic rings. The number of thiophene rings is 1. The van der Waals surface area contributed by atoms with Gasteiger partial charge in [0.15, 0.2) is 0 Å². The fourth-order valence-corrected chi connectivity index (χ4v) is 4.64. The van der Waals surface area contributed by atoms with Gasteiger partial charge in [-0.15, -0.1) is 11.3 Å². The summed E-state index contributed by atoms with van der Waals surface area (Å²) in [7, 11) is 1.60. The second kappa shape index (κ2) is 8.04. The van der Waals surface area contributed by atoms with Crippen LogP contribution in [0.5, 0.6) is 5.75 Å².